The summed E-state index contributed by atoms with van der Waals surface area (Å²) >= 11 is 0. The summed E-state index contributed by atoms with van der Waals surface area (Å²) in [5.74, 6) is 1.07. The summed E-state index contributed by atoms with van der Waals surface area (Å²) in [6, 6.07) is 0. The smallest absolute Gasteiger partial charge is 0.193 e. The number of nitrogens with zero attached hydrogens (tertiary/aromatic N) is 2. The molecule has 1 fully saturated rings. The molecule has 20 heavy (non-hydrogen) atoms. The zero-order chi connectivity index (χ0) is 14.5. The van der Waals surface area contributed by atoms with E-state index in [2.05, 4.69) is 57.1 Å². The summed E-state index contributed by atoms with van der Waals surface area (Å²) in [7, 11) is 0. The fraction of sp³-hybridized carbons (Fsp3) is 0.933. The van der Waals surface area contributed by atoms with Gasteiger partial charge in [-0.05, 0) is 39.5 Å². The molecular formula is C15H33IN4. The molecule has 0 aliphatic carbocycles. The Morgan fingerprint density at radius 2 is 1.95 bits per heavy atom. The first kappa shape index (κ1) is 20.0. The highest BCUT2D eigenvalue weighted by molar-refractivity contribution is 14.0. The second-order valence-corrected chi connectivity index (χ2v) is 7.25. The van der Waals surface area contributed by atoms with Crippen LogP contribution in [0, 0.1) is 5.41 Å². The Kier molecular flexibility index (Phi) is 8.40. The van der Waals surface area contributed by atoms with E-state index in [4.69, 9.17) is 4.99 Å². The summed E-state index contributed by atoms with van der Waals surface area (Å²) in [5.41, 5.74) is 0.587. The van der Waals surface area contributed by atoms with Crippen molar-refractivity contribution in [2.24, 2.45) is 10.4 Å². The number of hydrogen-bond acceptors (Lipinski definition) is 2. The molecule has 1 heterocycles. The van der Waals surface area contributed by atoms with E-state index in [0.29, 0.717) is 5.41 Å². The van der Waals surface area contributed by atoms with Crippen molar-refractivity contribution in [3.05, 3.63) is 0 Å². The van der Waals surface area contributed by atoms with Gasteiger partial charge in [-0.15, -0.1) is 24.0 Å². The number of nitrogens with one attached hydrogen (secondary N) is 2. The van der Waals surface area contributed by atoms with Crippen molar-refractivity contribution in [1.29, 1.82) is 0 Å². The van der Waals surface area contributed by atoms with Crippen molar-refractivity contribution in [2.45, 2.75) is 53.5 Å². The maximum Gasteiger partial charge on any atom is 0.193 e. The zero-order valence-corrected chi connectivity index (χ0v) is 16.4. The van der Waals surface area contributed by atoms with E-state index in [-0.39, 0.29) is 29.5 Å². The zero-order valence-electron chi connectivity index (χ0n) is 14.0. The van der Waals surface area contributed by atoms with Gasteiger partial charge >= 0.3 is 0 Å². The van der Waals surface area contributed by atoms with Gasteiger partial charge in [-0.2, -0.15) is 0 Å². The minimum Gasteiger partial charge on any atom is -0.357 e. The van der Waals surface area contributed by atoms with Gasteiger partial charge in [0.25, 0.3) is 0 Å². The minimum atomic E-state index is 0. The molecule has 1 rings (SSSR count). The highest BCUT2D eigenvalue weighted by atomic mass is 127. The lowest BCUT2D eigenvalue weighted by Gasteiger charge is -2.24. The highest BCUT2D eigenvalue weighted by Gasteiger charge is 2.30. The summed E-state index contributed by atoms with van der Waals surface area (Å²) in [4.78, 5) is 7.12. The molecule has 0 spiro atoms. The van der Waals surface area contributed by atoms with Gasteiger partial charge in [0, 0.05) is 31.7 Å². The Labute approximate surface area is 142 Å². The van der Waals surface area contributed by atoms with Crippen molar-refractivity contribution in [2.75, 3.05) is 32.7 Å². The molecule has 0 radical (unpaired) electrons. The van der Waals surface area contributed by atoms with Gasteiger partial charge in [-0.3, -0.25) is 4.99 Å². The second-order valence-electron chi connectivity index (χ2n) is 7.25. The van der Waals surface area contributed by atoms with E-state index in [0.717, 1.165) is 38.7 Å². The first-order chi connectivity index (χ1) is 8.73. The highest BCUT2D eigenvalue weighted by Crippen LogP contribution is 2.28. The van der Waals surface area contributed by atoms with Crippen LogP contribution in [-0.4, -0.2) is 49.1 Å². The van der Waals surface area contributed by atoms with Crippen molar-refractivity contribution in [3.8, 4) is 0 Å². The number of halogens is 1. The maximum absolute atomic E-state index is 4.73. The molecule has 0 aromatic carbocycles. The fourth-order valence-electron chi connectivity index (χ4n) is 2.31. The molecule has 5 heteroatoms. The Morgan fingerprint density at radius 1 is 1.30 bits per heavy atom. The molecule has 1 aliphatic rings. The average Bonchev–Trinajstić information content (AvgIpc) is 2.62. The van der Waals surface area contributed by atoms with Crippen molar-refractivity contribution >= 4 is 29.9 Å². The Balaban J connectivity index is 0.00000361. The third-order valence-corrected chi connectivity index (χ3v) is 3.34. The number of hydrogen-bond donors (Lipinski definition) is 2. The molecule has 0 amide bonds. The van der Waals surface area contributed by atoms with Crippen LogP contribution in [0.1, 0.15) is 48.0 Å². The van der Waals surface area contributed by atoms with E-state index >= 15 is 0 Å². The molecule has 1 aliphatic heterocycles. The normalized spacial score (nSPS) is 18.9. The molecule has 120 valence electrons. The molecule has 0 aromatic rings. The fourth-order valence-corrected chi connectivity index (χ4v) is 2.31. The van der Waals surface area contributed by atoms with Crippen LogP contribution in [0.25, 0.3) is 0 Å². The SMILES string of the molecule is CCNC(=NCCNC(C)(C)C)N1CCC(C)(C)C1.I. The molecule has 4 nitrogen and oxygen atoms in total. The van der Waals surface area contributed by atoms with Gasteiger partial charge in [0.1, 0.15) is 0 Å². The largest absolute Gasteiger partial charge is 0.357 e. The van der Waals surface area contributed by atoms with Gasteiger partial charge in [0.05, 0.1) is 6.54 Å². The lowest BCUT2D eigenvalue weighted by atomic mass is 9.93. The predicted octanol–water partition coefficient (Wildman–Crippen LogP) is 2.69. The van der Waals surface area contributed by atoms with Crippen LogP contribution in [0.4, 0.5) is 0 Å². The first-order valence-electron chi connectivity index (χ1n) is 7.52. The van der Waals surface area contributed by atoms with Crippen LogP contribution >= 0.6 is 24.0 Å². The molecule has 2 N–H and O–H groups in total. The van der Waals surface area contributed by atoms with Crippen molar-refractivity contribution in [1.82, 2.24) is 15.5 Å². The van der Waals surface area contributed by atoms with E-state index in [1.54, 1.807) is 0 Å². The second kappa shape index (κ2) is 8.41. The third-order valence-electron chi connectivity index (χ3n) is 3.34. The van der Waals surface area contributed by atoms with E-state index in [9.17, 15) is 0 Å². The molecule has 0 saturated carbocycles. The Morgan fingerprint density at radius 3 is 2.40 bits per heavy atom. The average molecular weight is 396 g/mol. The van der Waals surface area contributed by atoms with Gasteiger partial charge in [-0.1, -0.05) is 13.8 Å². The third kappa shape index (κ3) is 7.67. The monoisotopic (exact) mass is 396 g/mol. The number of rotatable bonds is 4. The van der Waals surface area contributed by atoms with Gasteiger partial charge in [0.2, 0.25) is 0 Å². The predicted molar refractivity (Wildman–Crippen MR) is 99.1 cm³/mol. The lowest BCUT2D eigenvalue weighted by molar-refractivity contribution is 0.369. The van der Waals surface area contributed by atoms with Gasteiger partial charge in [-0.25, -0.2) is 0 Å². The standard InChI is InChI=1S/C15H32N4.HI/c1-7-16-13(17-9-10-18-14(2,3)4)19-11-8-15(5,6)12-19;/h18H,7-12H2,1-6H3,(H,16,17);1H. The van der Waals surface area contributed by atoms with Crippen LogP contribution in [0.15, 0.2) is 4.99 Å². The first-order valence-corrected chi connectivity index (χ1v) is 7.52. The molecular weight excluding hydrogens is 363 g/mol. The van der Waals surface area contributed by atoms with E-state index < -0.39 is 0 Å². The molecule has 1 saturated heterocycles. The summed E-state index contributed by atoms with van der Waals surface area (Å²) in [6.45, 7) is 18.3. The quantitative estimate of drug-likeness (QED) is 0.332. The summed E-state index contributed by atoms with van der Waals surface area (Å²) in [6.07, 6.45) is 1.25. The van der Waals surface area contributed by atoms with Crippen molar-refractivity contribution in [3.63, 3.8) is 0 Å². The van der Waals surface area contributed by atoms with Crippen LogP contribution in [0.5, 0.6) is 0 Å². The van der Waals surface area contributed by atoms with E-state index in [1.165, 1.54) is 6.42 Å². The number of likely N-dealkylation sites (tertiary alicyclic amines) is 1. The molecule has 0 atom stereocenters. The van der Waals surface area contributed by atoms with Crippen molar-refractivity contribution < 1.29 is 0 Å². The van der Waals surface area contributed by atoms with Crippen LogP contribution in [0.2, 0.25) is 0 Å². The van der Waals surface area contributed by atoms with Crippen LogP contribution in [-0.2, 0) is 0 Å². The lowest BCUT2D eigenvalue weighted by Crippen LogP contribution is -2.42. The Bertz CT molecular complexity index is 307. The molecule has 0 unspecified atom stereocenters. The number of guanidine groups is 1. The number of aliphatic imine (C=N–C) groups is 1. The van der Waals surface area contributed by atoms with E-state index in [1.807, 2.05) is 0 Å². The van der Waals surface area contributed by atoms with Gasteiger partial charge in [0.15, 0.2) is 5.96 Å². The van der Waals surface area contributed by atoms with Crippen LogP contribution in [0.3, 0.4) is 0 Å². The summed E-state index contributed by atoms with van der Waals surface area (Å²) < 4.78 is 0. The van der Waals surface area contributed by atoms with Gasteiger partial charge < -0.3 is 15.5 Å². The molecule has 0 aromatic heterocycles. The minimum absolute atomic E-state index is 0. The summed E-state index contributed by atoms with van der Waals surface area (Å²) in [5, 5.41) is 6.88. The Hall–Kier alpha value is -0.0400. The topological polar surface area (TPSA) is 39.7 Å². The molecule has 0 bridgehead atoms. The van der Waals surface area contributed by atoms with Crippen LogP contribution < -0.4 is 10.6 Å². The maximum atomic E-state index is 4.73.